The highest BCUT2D eigenvalue weighted by Gasteiger charge is 2.14. The number of pyridine rings is 1. The van der Waals surface area contributed by atoms with Crippen molar-refractivity contribution in [2.24, 2.45) is 4.99 Å². The Bertz CT molecular complexity index is 751. The molecular formula is C20H30N6O2. The highest BCUT2D eigenvalue weighted by Crippen LogP contribution is 2.15. The lowest BCUT2D eigenvalue weighted by Gasteiger charge is -2.18. The van der Waals surface area contributed by atoms with E-state index in [1.54, 1.807) is 25.2 Å². The number of amides is 1. The van der Waals surface area contributed by atoms with Crippen molar-refractivity contribution in [1.82, 2.24) is 25.7 Å². The molecule has 0 atom stereocenters. The van der Waals surface area contributed by atoms with E-state index in [-0.39, 0.29) is 12.5 Å². The first-order valence-corrected chi connectivity index (χ1v) is 9.63. The van der Waals surface area contributed by atoms with Crippen LogP contribution in [0.3, 0.4) is 0 Å². The van der Waals surface area contributed by atoms with E-state index in [2.05, 4.69) is 25.8 Å². The highest BCUT2D eigenvalue weighted by molar-refractivity contribution is 5.86. The van der Waals surface area contributed by atoms with E-state index in [0.29, 0.717) is 19.0 Å². The van der Waals surface area contributed by atoms with Crippen LogP contribution in [0.25, 0.3) is 0 Å². The maximum absolute atomic E-state index is 12.4. The van der Waals surface area contributed by atoms with Crippen molar-refractivity contribution in [2.75, 3.05) is 27.2 Å². The summed E-state index contributed by atoms with van der Waals surface area (Å²) in [4.78, 5) is 22.5. The lowest BCUT2D eigenvalue weighted by atomic mass is 10.1. The largest absolute Gasteiger partial charge is 0.361 e. The molecule has 0 aliphatic heterocycles. The molecule has 0 unspecified atom stereocenters. The number of nitrogens with zero attached hydrogens (tertiary/aromatic N) is 4. The molecule has 2 rings (SSSR count). The molecule has 0 aliphatic rings. The number of guanidine groups is 1. The zero-order chi connectivity index (χ0) is 20.4. The molecule has 0 radical (unpaired) electrons. The van der Waals surface area contributed by atoms with Gasteiger partial charge in [0.15, 0.2) is 5.96 Å². The lowest BCUT2D eigenvalue weighted by molar-refractivity contribution is -0.128. The predicted octanol–water partition coefficient (Wildman–Crippen LogP) is 1.56. The van der Waals surface area contributed by atoms with Gasteiger partial charge in [0.2, 0.25) is 5.91 Å². The SMILES string of the molecule is CCc1noc(CC)c1CNC(=NC)NCC(=O)N(C)CCc1ccccn1. The minimum Gasteiger partial charge on any atom is -0.361 e. The summed E-state index contributed by atoms with van der Waals surface area (Å²) in [7, 11) is 3.47. The smallest absolute Gasteiger partial charge is 0.241 e. The van der Waals surface area contributed by atoms with Crippen LogP contribution >= 0.6 is 0 Å². The van der Waals surface area contributed by atoms with Crippen LogP contribution in [0.1, 0.15) is 36.6 Å². The van der Waals surface area contributed by atoms with E-state index in [1.807, 2.05) is 32.0 Å². The maximum atomic E-state index is 12.4. The summed E-state index contributed by atoms with van der Waals surface area (Å²) in [5.41, 5.74) is 2.98. The van der Waals surface area contributed by atoms with E-state index in [1.165, 1.54) is 0 Å². The Morgan fingerprint density at radius 3 is 2.71 bits per heavy atom. The van der Waals surface area contributed by atoms with Crippen LogP contribution in [0.2, 0.25) is 0 Å². The van der Waals surface area contributed by atoms with Crippen molar-refractivity contribution in [2.45, 2.75) is 39.7 Å². The molecule has 0 fully saturated rings. The van der Waals surface area contributed by atoms with Crippen molar-refractivity contribution < 1.29 is 9.32 Å². The van der Waals surface area contributed by atoms with Crippen LogP contribution in [-0.4, -0.2) is 54.1 Å². The molecule has 0 saturated carbocycles. The van der Waals surface area contributed by atoms with Crippen LogP contribution in [0.4, 0.5) is 0 Å². The Morgan fingerprint density at radius 1 is 1.25 bits per heavy atom. The fraction of sp³-hybridized carbons (Fsp3) is 0.500. The fourth-order valence-electron chi connectivity index (χ4n) is 2.78. The zero-order valence-electron chi connectivity index (χ0n) is 17.2. The third kappa shape index (κ3) is 6.07. The molecule has 2 aromatic heterocycles. The number of aliphatic imine (C=N–C) groups is 1. The number of aryl methyl sites for hydroxylation is 2. The number of likely N-dealkylation sites (N-methyl/N-ethyl adjacent to an activating group) is 1. The molecule has 0 aromatic carbocycles. The van der Waals surface area contributed by atoms with Crippen molar-refractivity contribution in [3.8, 4) is 0 Å². The van der Waals surface area contributed by atoms with Gasteiger partial charge in [0.05, 0.1) is 12.2 Å². The zero-order valence-corrected chi connectivity index (χ0v) is 17.2. The van der Waals surface area contributed by atoms with Crippen molar-refractivity contribution >= 4 is 11.9 Å². The number of nitrogens with one attached hydrogen (secondary N) is 2. The molecule has 2 aromatic rings. The van der Waals surface area contributed by atoms with Crippen LogP contribution in [0.5, 0.6) is 0 Å². The van der Waals surface area contributed by atoms with Gasteiger partial charge in [-0.3, -0.25) is 14.8 Å². The third-order valence-electron chi connectivity index (χ3n) is 4.53. The molecule has 0 saturated heterocycles. The quantitative estimate of drug-likeness (QED) is 0.502. The maximum Gasteiger partial charge on any atom is 0.241 e. The van der Waals surface area contributed by atoms with Gasteiger partial charge in [-0.25, -0.2) is 0 Å². The van der Waals surface area contributed by atoms with Crippen LogP contribution in [0, 0.1) is 0 Å². The van der Waals surface area contributed by atoms with E-state index in [4.69, 9.17) is 4.52 Å². The molecule has 0 bridgehead atoms. The molecular weight excluding hydrogens is 356 g/mol. The van der Waals surface area contributed by atoms with Gasteiger partial charge in [-0.15, -0.1) is 0 Å². The first kappa shape index (κ1) is 21.4. The van der Waals surface area contributed by atoms with Gasteiger partial charge in [0.25, 0.3) is 0 Å². The first-order valence-electron chi connectivity index (χ1n) is 9.63. The molecule has 0 aliphatic carbocycles. The monoisotopic (exact) mass is 386 g/mol. The number of aromatic nitrogens is 2. The average molecular weight is 387 g/mol. The topological polar surface area (TPSA) is 95.7 Å². The second-order valence-corrected chi connectivity index (χ2v) is 6.40. The minimum atomic E-state index is -0.00708. The first-order chi connectivity index (χ1) is 13.6. The lowest BCUT2D eigenvalue weighted by Crippen LogP contribution is -2.43. The Hall–Kier alpha value is -2.90. The minimum absolute atomic E-state index is 0.00708. The van der Waals surface area contributed by atoms with Crippen LogP contribution in [-0.2, 0) is 30.6 Å². The molecule has 28 heavy (non-hydrogen) atoms. The Kier molecular flexibility index (Phi) is 8.45. The highest BCUT2D eigenvalue weighted by atomic mass is 16.5. The van der Waals surface area contributed by atoms with Gasteiger partial charge in [0, 0.05) is 57.5 Å². The van der Waals surface area contributed by atoms with E-state index in [0.717, 1.165) is 42.0 Å². The molecule has 8 heteroatoms. The second kappa shape index (κ2) is 11.1. The molecule has 0 spiro atoms. The molecule has 1 amide bonds. The predicted molar refractivity (Wildman–Crippen MR) is 109 cm³/mol. The van der Waals surface area contributed by atoms with Gasteiger partial charge >= 0.3 is 0 Å². The van der Waals surface area contributed by atoms with Crippen molar-refractivity contribution in [3.05, 3.63) is 47.1 Å². The van der Waals surface area contributed by atoms with Gasteiger partial charge < -0.3 is 20.1 Å². The number of carbonyl (C=O) groups excluding carboxylic acids is 1. The Morgan fingerprint density at radius 2 is 2.07 bits per heavy atom. The van der Waals surface area contributed by atoms with Crippen LogP contribution < -0.4 is 10.6 Å². The Labute approximate surface area is 166 Å². The normalized spacial score (nSPS) is 11.4. The van der Waals surface area contributed by atoms with E-state index in [9.17, 15) is 4.79 Å². The van der Waals surface area contributed by atoms with E-state index < -0.39 is 0 Å². The number of carbonyl (C=O) groups is 1. The summed E-state index contributed by atoms with van der Waals surface area (Å²) in [5.74, 6) is 1.44. The van der Waals surface area contributed by atoms with Crippen LogP contribution in [0.15, 0.2) is 33.9 Å². The standard InChI is InChI=1S/C20H30N6O2/c1-5-17-16(18(6-2)28-25-17)13-23-20(21-3)24-14-19(27)26(4)12-10-15-9-7-8-11-22-15/h7-9,11H,5-6,10,12-14H2,1-4H3,(H2,21,23,24). The summed E-state index contributed by atoms with van der Waals surface area (Å²) in [6.45, 7) is 5.43. The third-order valence-corrected chi connectivity index (χ3v) is 4.53. The number of hydrogen-bond acceptors (Lipinski definition) is 5. The summed E-state index contributed by atoms with van der Waals surface area (Å²) in [5, 5.41) is 10.4. The van der Waals surface area contributed by atoms with Crippen molar-refractivity contribution in [1.29, 1.82) is 0 Å². The number of rotatable bonds is 9. The number of hydrogen-bond donors (Lipinski definition) is 2. The van der Waals surface area contributed by atoms with Gasteiger partial charge in [-0.2, -0.15) is 0 Å². The van der Waals surface area contributed by atoms with Crippen molar-refractivity contribution in [3.63, 3.8) is 0 Å². The Balaban J connectivity index is 1.79. The molecule has 8 nitrogen and oxygen atoms in total. The van der Waals surface area contributed by atoms with Gasteiger partial charge in [-0.05, 0) is 18.6 Å². The average Bonchev–Trinajstić information content (AvgIpc) is 3.14. The fourth-order valence-corrected chi connectivity index (χ4v) is 2.78. The summed E-state index contributed by atoms with van der Waals surface area (Å²) < 4.78 is 5.38. The molecule has 152 valence electrons. The van der Waals surface area contributed by atoms with Gasteiger partial charge in [-0.1, -0.05) is 25.1 Å². The molecule has 2 heterocycles. The molecule has 2 N–H and O–H groups in total. The summed E-state index contributed by atoms with van der Waals surface area (Å²) in [6, 6.07) is 5.79. The second-order valence-electron chi connectivity index (χ2n) is 6.40. The van der Waals surface area contributed by atoms with Gasteiger partial charge in [0.1, 0.15) is 5.76 Å². The summed E-state index contributed by atoms with van der Waals surface area (Å²) in [6.07, 6.45) is 4.09. The van der Waals surface area contributed by atoms with E-state index >= 15 is 0 Å². The summed E-state index contributed by atoms with van der Waals surface area (Å²) >= 11 is 0.